The Morgan fingerprint density at radius 2 is 2.20 bits per heavy atom. The Labute approximate surface area is 185 Å². The smallest absolute Gasteiger partial charge is 0.321 e. The van der Waals surface area contributed by atoms with E-state index in [0.29, 0.717) is 12.5 Å². The molecule has 4 unspecified atom stereocenters. The number of imide groups is 1. The van der Waals surface area contributed by atoms with Crippen LogP contribution in [0.15, 0.2) is 22.7 Å². The number of rotatable bonds is 8. The normalized spacial score (nSPS) is 23.5. The van der Waals surface area contributed by atoms with E-state index < -0.39 is 6.03 Å². The third kappa shape index (κ3) is 4.56. The average Bonchev–Trinajstić information content (AvgIpc) is 3.53. The quantitative estimate of drug-likeness (QED) is 0.588. The highest BCUT2D eigenvalue weighted by Gasteiger charge is 2.43. The second kappa shape index (κ2) is 9.51. The number of nitrogens with one attached hydrogen (secondary N) is 2. The molecule has 2 fully saturated rings. The summed E-state index contributed by atoms with van der Waals surface area (Å²) in [6.07, 6.45) is 6.15. The van der Waals surface area contributed by atoms with E-state index in [1.165, 1.54) is 37.4 Å². The third-order valence-electron chi connectivity index (χ3n) is 6.35. The van der Waals surface area contributed by atoms with E-state index in [1.807, 2.05) is 18.4 Å². The number of aromatic nitrogens is 3. The van der Waals surface area contributed by atoms with Crippen LogP contribution in [-0.4, -0.2) is 39.0 Å². The third-order valence-corrected chi connectivity index (χ3v) is 8.16. The van der Waals surface area contributed by atoms with Gasteiger partial charge < -0.3 is 5.32 Å². The van der Waals surface area contributed by atoms with E-state index in [-0.39, 0.29) is 17.7 Å². The molecular formula is C21H29N5O2S2. The molecule has 0 radical (unpaired) electrons. The molecule has 162 valence electrons. The molecule has 2 aliphatic carbocycles. The minimum Gasteiger partial charge on any atom is -0.338 e. The predicted molar refractivity (Wildman–Crippen MR) is 120 cm³/mol. The minimum absolute atomic E-state index is 0.131. The number of carbonyl (C=O) groups excluding carboxylic acids is 2. The van der Waals surface area contributed by atoms with Gasteiger partial charge >= 0.3 is 6.03 Å². The van der Waals surface area contributed by atoms with Gasteiger partial charge in [-0.15, -0.1) is 21.5 Å². The Morgan fingerprint density at radius 1 is 1.33 bits per heavy atom. The number of fused-ring (bicyclic) bond motifs is 2. The minimum atomic E-state index is -0.446. The fourth-order valence-electron chi connectivity index (χ4n) is 4.97. The van der Waals surface area contributed by atoms with Gasteiger partial charge in [-0.1, -0.05) is 31.2 Å². The van der Waals surface area contributed by atoms with Crippen molar-refractivity contribution in [2.45, 2.75) is 57.1 Å². The molecule has 2 bridgehead atoms. The van der Waals surface area contributed by atoms with E-state index in [0.717, 1.165) is 34.1 Å². The highest BCUT2D eigenvalue weighted by atomic mass is 32.2. The molecule has 0 saturated heterocycles. The summed E-state index contributed by atoms with van der Waals surface area (Å²) in [6.45, 7) is 4.78. The fraction of sp³-hybridized carbons (Fsp3) is 0.619. The monoisotopic (exact) mass is 447 g/mol. The van der Waals surface area contributed by atoms with Crippen LogP contribution in [0.2, 0.25) is 0 Å². The summed E-state index contributed by atoms with van der Waals surface area (Å²) in [6, 6.07) is 3.93. The molecule has 4 rings (SSSR count). The summed E-state index contributed by atoms with van der Waals surface area (Å²) in [4.78, 5) is 25.0. The average molecular weight is 448 g/mol. The number of thioether (sulfide) groups is 1. The highest BCUT2D eigenvalue weighted by Crippen LogP contribution is 2.53. The molecule has 4 atom stereocenters. The Kier molecular flexibility index (Phi) is 6.77. The summed E-state index contributed by atoms with van der Waals surface area (Å²) in [7, 11) is 0. The molecule has 2 N–H and O–H groups in total. The number of nitrogens with zero attached hydrogens (tertiary/aromatic N) is 3. The number of urea groups is 1. The molecule has 9 heteroatoms. The summed E-state index contributed by atoms with van der Waals surface area (Å²) >= 11 is 3.00. The van der Waals surface area contributed by atoms with Crippen LogP contribution in [0.25, 0.3) is 10.7 Å². The maximum absolute atomic E-state index is 12.2. The van der Waals surface area contributed by atoms with Gasteiger partial charge in [0, 0.05) is 12.6 Å². The number of hydrogen-bond donors (Lipinski definition) is 2. The van der Waals surface area contributed by atoms with Gasteiger partial charge in [-0.05, 0) is 61.8 Å². The predicted octanol–water partition coefficient (Wildman–Crippen LogP) is 4.33. The summed E-state index contributed by atoms with van der Waals surface area (Å²) in [5, 5.41) is 16.7. The summed E-state index contributed by atoms with van der Waals surface area (Å²) < 4.78 is 2.23. The van der Waals surface area contributed by atoms with E-state index in [2.05, 4.69) is 38.4 Å². The van der Waals surface area contributed by atoms with E-state index in [4.69, 9.17) is 0 Å². The maximum atomic E-state index is 12.2. The van der Waals surface area contributed by atoms with Crippen molar-refractivity contribution >= 4 is 35.0 Å². The molecule has 2 aromatic rings. The highest BCUT2D eigenvalue weighted by molar-refractivity contribution is 7.99. The maximum Gasteiger partial charge on any atom is 0.321 e. The van der Waals surface area contributed by atoms with Crippen LogP contribution in [0.5, 0.6) is 0 Å². The topological polar surface area (TPSA) is 88.9 Å². The van der Waals surface area contributed by atoms with Gasteiger partial charge in [-0.3, -0.25) is 14.7 Å². The second-order valence-corrected chi connectivity index (χ2v) is 10.2. The van der Waals surface area contributed by atoms with Crippen LogP contribution in [0.4, 0.5) is 4.79 Å². The zero-order chi connectivity index (χ0) is 21.1. The molecule has 0 aromatic carbocycles. The van der Waals surface area contributed by atoms with Gasteiger partial charge in [-0.25, -0.2) is 4.79 Å². The summed E-state index contributed by atoms with van der Waals surface area (Å²) in [5.41, 5.74) is 0. The van der Waals surface area contributed by atoms with Crippen molar-refractivity contribution in [3.63, 3.8) is 0 Å². The number of carbonyl (C=O) groups is 2. The lowest BCUT2D eigenvalue weighted by atomic mass is 9.84. The van der Waals surface area contributed by atoms with Crippen LogP contribution in [0, 0.1) is 17.8 Å². The first-order chi connectivity index (χ1) is 14.6. The van der Waals surface area contributed by atoms with Crippen molar-refractivity contribution in [1.29, 1.82) is 0 Å². The largest absolute Gasteiger partial charge is 0.338 e. The first-order valence-corrected chi connectivity index (χ1v) is 12.6. The Morgan fingerprint density at radius 3 is 2.87 bits per heavy atom. The van der Waals surface area contributed by atoms with Gasteiger partial charge in [0.25, 0.3) is 0 Å². The molecular weight excluding hydrogens is 418 g/mol. The standard InChI is InChI=1S/C21H29N5O2S2/c1-3-8-22-20(28)23-18(27)12-30-21-25-24-19(17-5-4-9-29-17)26(21)13(2)16-11-14-6-7-15(16)10-14/h4-5,9,13-16H,3,6-8,10-12H2,1-2H3,(H2,22,23,27,28). The van der Waals surface area contributed by atoms with Crippen LogP contribution in [-0.2, 0) is 4.79 Å². The second-order valence-electron chi connectivity index (χ2n) is 8.33. The molecule has 0 spiro atoms. The summed E-state index contributed by atoms with van der Waals surface area (Å²) in [5.74, 6) is 2.97. The number of amides is 3. The Hall–Kier alpha value is -1.87. The SMILES string of the molecule is CCCNC(=O)NC(=O)CSc1nnc(-c2cccs2)n1C(C)C1CC2CCC1C2. The van der Waals surface area contributed by atoms with Crippen LogP contribution < -0.4 is 10.6 Å². The zero-order valence-corrected chi connectivity index (χ0v) is 19.1. The molecule has 2 aromatic heterocycles. The van der Waals surface area contributed by atoms with Crippen LogP contribution in [0.1, 0.15) is 52.0 Å². The van der Waals surface area contributed by atoms with Crippen molar-refractivity contribution < 1.29 is 9.59 Å². The molecule has 7 nitrogen and oxygen atoms in total. The molecule has 2 aliphatic rings. The lowest BCUT2D eigenvalue weighted by molar-refractivity contribution is -0.117. The van der Waals surface area contributed by atoms with E-state index in [9.17, 15) is 9.59 Å². The van der Waals surface area contributed by atoms with Crippen molar-refractivity contribution in [1.82, 2.24) is 25.4 Å². The number of hydrogen-bond acceptors (Lipinski definition) is 6. The van der Waals surface area contributed by atoms with Crippen molar-refractivity contribution in [2.75, 3.05) is 12.3 Å². The van der Waals surface area contributed by atoms with E-state index in [1.54, 1.807) is 11.3 Å². The first kappa shape index (κ1) is 21.4. The van der Waals surface area contributed by atoms with Gasteiger partial charge in [0.1, 0.15) is 0 Å². The first-order valence-electron chi connectivity index (χ1n) is 10.8. The lowest BCUT2D eigenvalue weighted by Gasteiger charge is -2.30. The van der Waals surface area contributed by atoms with Gasteiger partial charge in [-0.2, -0.15) is 0 Å². The Balaban J connectivity index is 1.49. The van der Waals surface area contributed by atoms with Crippen molar-refractivity contribution in [3.05, 3.63) is 17.5 Å². The number of thiophene rings is 1. The Bertz CT molecular complexity index is 882. The van der Waals surface area contributed by atoms with Gasteiger partial charge in [0.15, 0.2) is 11.0 Å². The van der Waals surface area contributed by atoms with Gasteiger partial charge in [0.05, 0.1) is 10.6 Å². The molecule has 3 amide bonds. The fourth-order valence-corrected chi connectivity index (χ4v) is 6.50. The van der Waals surface area contributed by atoms with Crippen LogP contribution >= 0.6 is 23.1 Å². The van der Waals surface area contributed by atoms with Crippen LogP contribution in [0.3, 0.4) is 0 Å². The molecule has 2 heterocycles. The van der Waals surface area contributed by atoms with E-state index >= 15 is 0 Å². The van der Waals surface area contributed by atoms with Crippen molar-refractivity contribution in [3.8, 4) is 10.7 Å². The molecule has 0 aliphatic heterocycles. The van der Waals surface area contributed by atoms with Gasteiger partial charge in [0.2, 0.25) is 5.91 Å². The zero-order valence-electron chi connectivity index (χ0n) is 17.5. The lowest BCUT2D eigenvalue weighted by Crippen LogP contribution is -2.40. The van der Waals surface area contributed by atoms with Crippen molar-refractivity contribution in [2.24, 2.45) is 17.8 Å². The molecule has 2 saturated carbocycles. The molecule has 30 heavy (non-hydrogen) atoms.